The lowest BCUT2D eigenvalue weighted by atomic mass is 9.90. The number of carbonyl (C=O) groups excluding carboxylic acids is 2. The molecule has 15 heteroatoms. The van der Waals surface area contributed by atoms with Gasteiger partial charge in [0, 0.05) is 17.5 Å². The molecule has 0 saturated carbocycles. The molecule has 0 unspecified atom stereocenters. The number of ether oxygens (including phenoxy) is 2. The zero-order valence-corrected chi connectivity index (χ0v) is 23.2. The van der Waals surface area contributed by atoms with Gasteiger partial charge in [0.2, 0.25) is 5.91 Å². The van der Waals surface area contributed by atoms with Crippen LogP contribution in [0.15, 0.2) is 40.2 Å². The van der Waals surface area contributed by atoms with Crippen LogP contribution < -0.4 is 21.3 Å². The Morgan fingerprint density at radius 2 is 1.95 bits per heavy atom. The van der Waals surface area contributed by atoms with Crippen molar-refractivity contribution < 1.29 is 28.6 Å². The van der Waals surface area contributed by atoms with Crippen LogP contribution in [0.3, 0.4) is 0 Å². The van der Waals surface area contributed by atoms with Crippen LogP contribution in [-0.2, 0) is 26.4 Å². The summed E-state index contributed by atoms with van der Waals surface area (Å²) in [6.07, 6.45) is 1.78. The fraction of sp³-hybridized carbons (Fsp3) is 0.385. The Morgan fingerprint density at radius 1 is 1.22 bits per heavy atom. The number of rotatable bonds is 9. The maximum Gasteiger partial charge on any atom is 0.333 e. The van der Waals surface area contributed by atoms with Crippen LogP contribution in [0.5, 0.6) is 5.75 Å². The standard InChI is InChI=1S/C26H27FN6O7S/c1-14-20-21(36)32(26(2)7-6-19(35)30-24(26)37)25(38)31(23(20)41-22(14)33-28-8-9-29-33)13-18(40-11-10-34)16-12-15(27)4-5-17(16)39-3/h4-5,8-9,12,18,34H,6-7,10-11,13H2,1-3H3,(H,30,35,37)/t18-,26-/m0/s1. The number of carbonyl (C=O) groups is 2. The Labute approximate surface area is 235 Å². The second-order valence-electron chi connectivity index (χ2n) is 9.69. The number of aliphatic hydroxyl groups is 1. The monoisotopic (exact) mass is 586 g/mol. The highest BCUT2D eigenvalue weighted by Crippen LogP contribution is 2.35. The maximum absolute atomic E-state index is 14.4. The number of aliphatic hydroxyl groups excluding tert-OH is 1. The summed E-state index contributed by atoms with van der Waals surface area (Å²) in [6.45, 7) is 2.38. The minimum atomic E-state index is -1.67. The number of benzene rings is 1. The van der Waals surface area contributed by atoms with Crippen LogP contribution in [0, 0.1) is 12.7 Å². The van der Waals surface area contributed by atoms with Crippen molar-refractivity contribution in [2.45, 2.75) is 44.9 Å². The average molecular weight is 587 g/mol. The Bertz CT molecular complexity index is 1760. The minimum Gasteiger partial charge on any atom is -0.496 e. The highest BCUT2D eigenvalue weighted by atomic mass is 32.1. The van der Waals surface area contributed by atoms with E-state index < -0.39 is 40.5 Å². The first kappa shape index (κ1) is 28.3. The number of hydrogen-bond donors (Lipinski definition) is 2. The molecule has 3 aromatic heterocycles. The number of methoxy groups -OCH3 is 1. The van der Waals surface area contributed by atoms with Gasteiger partial charge < -0.3 is 14.6 Å². The average Bonchev–Trinajstić information content (AvgIpc) is 3.59. The predicted molar refractivity (Wildman–Crippen MR) is 145 cm³/mol. The molecule has 0 bridgehead atoms. The molecule has 216 valence electrons. The van der Waals surface area contributed by atoms with E-state index in [1.54, 1.807) is 6.92 Å². The third kappa shape index (κ3) is 4.85. The third-order valence-electron chi connectivity index (χ3n) is 7.16. The zero-order valence-electron chi connectivity index (χ0n) is 22.4. The largest absolute Gasteiger partial charge is 0.496 e. The molecule has 1 aliphatic rings. The highest BCUT2D eigenvalue weighted by Gasteiger charge is 2.43. The van der Waals surface area contributed by atoms with E-state index >= 15 is 0 Å². The van der Waals surface area contributed by atoms with Gasteiger partial charge in [-0.3, -0.25) is 24.3 Å². The van der Waals surface area contributed by atoms with Crippen molar-refractivity contribution in [3.63, 3.8) is 0 Å². The van der Waals surface area contributed by atoms with Gasteiger partial charge in [-0.05, 0) is 38.5 Å². The van der Waals surface area contributed by atoms with E-state index in [1.165, 1.54) is 54.0 Å². The number of nitrogens with zero attached hydrogens (tertiary/aromatic N) is 5. The Hall–Kier alpha value is -4.21. The van der Waals surface area contributed by atoms with E-state index in [-0.39, 0.29) is 54.1 Å². The summed E-state index contributed by atoms with van der Waals surface area (Å²) < 4.78 is 27.8. The van der Waals surface area contributed by atoms with E-state index in [9.17, 15) is 28.7 Å². The number of nitrogens with one attached hydrogen (secondary N) is 1. The maximum atomic E-state index is 14.4. The molecule has 0 spiro atoms. The summed E-state index contributed by atoms with van der Waals surface area (Å²) >= 11 is 1.09. The fourth-order valence-corrected chi connectivity index (χ4v) is 6.23. The molecule has 5 rings (SSSR count). The molecule has 1 aliphatic heterocycles. The van der Waals surface area contributed by atoms with Crippen molar-refractivity contribution in [2.24, 2.45) is 0 Å². The second kappa shape index (κ2) is 11.0. The molecule has 2 N–H and O–H groups in total. The number of amides is 2. The molecular weight excluding hydrogens is 559 g/mol. The number of thiophene rings is 1. The lowest BCUT2D eigenvalue weighted by molar-refractivity contribution is -0.140. The Balaban J connectivity index is 1.80. The fourth-order valence-electron chi connectivity index (χ4n) is 5.01. The SMILES string of the molecule is COc1ccc(F)cc1[C@H](Cn1c(=O)n([C@@]2(C)CCC(=O)NC2=O)c(=O)c2c(C)c(-n3nccn3)sc21)OCCO. The molecule has 1 saturated heterocycles. The molecule has 0 aliphatic carbocycles. The highest BCUT2D eigenvalue weighted by molar-refractivity contribution is 7.21. The van der Waals surface area contributed by atoms with Gasteiger partial charge in [0.1, 0.15) is 33.0 Å². The quantitative estimate of drug-likeness (QED) is 0.275. The van der Waals surface area contributed by atoms with E-state index in [0.717, 1.165) is 15.9 Å². The normalized spacial score (nSPS) is 18.1. The number of aromatic nitrogens is 5. The van der Waals surface area contributed by atoms with Gasteiger partial charge in [0.05, 0.1) is 44.6 Å². The summed E-state index contributed by atoms with van der Waals surface area (Å²) in [5.74, 6) is -1.57. The van der Waals surface area contributed by atoms with E-state index in [4.69, 9.17) is 9.47 Å². The van der Waals surface area contributed by atoms with Crippen molar-refractivity contribution in [3.8, 4) is 10.8 Å². The number of fused-ring (bicyclic) bond motifs is 1. The van der Waals surface area contributed by atoms with Crippen LogP contribution >= 0.6 is 11.3 Å². The number of aryl methyl sites for hydroxylation is 1. The molecular formula is C26H27FN6O7S. The number of imide groups is 1. The van der Waals surface area contributed by atoms with Crippen molar-refractivity contribution in [1.29, 1.82) is 0 Å². The van der Waals surface area contributed by atoms with Gasteiger partial charge in [-0.15, -0.1) is 4.80 Å². The molecule has 2 atom stereocenters. The molecule has 2 amide bonds. The molecule has 41 heavy (non-hydrogen) atoms. The first-order chi connectivity index (χ1) is 19.6. The van der Waals surface area contributed by atoms with Crippen molar-refractivity contribution in [1.82, 2.24) is 29.4 Å². The lowest BCUT2D eigenvalue weighted by Crippen LogP contribution is -2.60. The van der Waals surface area contributed by atoms with Gasteiger partial charge in [-0.25, -0.2) is 13.8 Å². The van der Waals surface area contributed by atoms with Crippen LogP contribution in [-0.4, -0.2) is 61.4 Å². The molecule has 1 fully saturated rings. The Morgan fingerprint density at radius 3 is 2.61 bits per heavy atom. The van der Waals surface area contributed by atoms with E-state index in [0.29, 0.717) is 10.6 Å². The van der Waals surface area contributed by atoms with Gasteiger partial charge in [-0.1, -0.05) is 11.3 Å². The zero-order chi connectivity index (χ0) is 29.5. The minimum absolute atomic E-state index is 0.0695. The van der Waals surface area contributed by atoms with Gasteiger partial charge >= 0.3 is 5.69 Å². The van der Waals surface area contributed by atoms with Crippen molar-refractivity contribution >= 4 is 33.4 Å². The number of hydrogen-bond acceptors (Lipinski definition) is 10. The van der Waals surface area contributed by atoms with E-state index in [2.05, 4.69) is 15.5 Å². The summed E-state index contributed by atoms with van der Waals surface area (Å²) in [5.41, 5.74) is -2.47. The number of halogens is 1. The van der Waals surface area contributed by atoms with Gasteiger partial charge in [0.25, 0.3) is 11.5 Å². The molecule has 0 radical (unpaired) electrons. The summed E-state index contributed by atoms with van der Waals surface area (Å²) in [5, 5.41) is 20.7. The topological polar surface area (TPSA) is 160 Å². The van der Waals surface area contributed by atoms with Crippen LogP contribution in [0.1, 0.15) is 37.0 Å². The van der Waals surface area contributed by atoms with E-state index in [1.807, 2.05) is 0 Å². The smallest absolute Gasteiger partial charge is 0.333 e. The third-order valence-corrected chi connectivity index (χ3v) is 8.44. The molecule has 4 aromatic rings. The Kier molecular flexibility index (Phi) is 7.59. The summed E-state index contributed by atoms with van der Waals surface area (Å²) in [4.78, 5) is 54.8. The van der Waals surface area contributed by atoms with Gasteiger partial charge in [0.15, 0.2) is 0 Å². The molecule has 4 heterocycles. The number of piperidine rings is 1. The molecule has 1 aromatic carbocycles. The van der Waals surface area contributed by atoms with Gasteiger partial charge in [-0.2, -0.15) is 10.2 Å². The second-order valence-corrected chi connectivity index (χ2v) is 10.7. The molecule has 13 nitrogen and oxygen atoms in total. The van der Waals surface area contributed by atoms with Crippen LogP contribution in [0.4, 0.5) is 4.39 Å². The van der Waals surface area contributed by atoms with Crippen molar-refractivity contribution in [3.05, 3.63) is 68.4 Å². The summed E-state index contributed by atoms with van der Waals surface area (Å²) in [6, 6.07) is 3.84. The van der Waals surface area contributed by atoms with Crippen LogP contribution in [0.25, 0.3) is 15.2 Å². The summed E-state index contributed by atoms with van der Waals surface area (Å²) in [7, 11) is 1.40. The first-order valence-electron chi connectivity index (χ1n) is 12.7. The predicted octanol–water partition coefficient (Wildman–Crippen LogP) is 1.16. The van der Waals surface area contributed by atoms with Crippen LogP contribution in [0.2, 0.25) is 0 Å². The lowest BCUT2D eigenvalue weighted by Gasteiger charge is -2.33. The van der Waals surface area contributed by atoms with Crippen molar-refractivity contribution in [2.75, 3.05) is 20.3 Å². The first-order valence-corrected chi connectivity index (χ1v) is 13.5.